The van der Waals surface area contributed by atoms with E-state index in [0.29, 0.717) is 6.04 Å². The maximum Gasteiger partial charge on any atom is 0.274 e. The van der Waals surface area contributed by atoms with Gasteiger partial charge in [0.25, 0.3) is 5.69 Å². The molecule has 1 aromatic carbocycles. The van der Waals surface area contributed by atoms with E-state index in [4.69, 9.17) is 0 Å². The first kappa shape index (κ1) is 13.8. The minimum absolute atomic E-state index is 0.196. The van der Waals surface area contributed by atoms with Crippen LogP contribution in [0.2, 0.25) is 0 Å². The van der Waals surface area contributed by atoms with Gasteiger partial charge in [0.2, 0.25) is 0 Å². The molecule has 1 aliphatic carbocycles. The second-order valence-electron chi connectivity index (χ2n) is 5.97. The highest BCUT2D eigenvalue weighted by molar-refractivity contribution is 5.60. The van der Waals surface area contributed by atoms with Crippen LogP contribution < -0.4 is 5.32 Å². The topological polar surface area (TPSA) is 55.2 Å². The van der Waals surface area contributed by atoms with Gasteiger partial charge in [0.15, 0.2) is 0 Å². The maximum absolute atomic E-state index is 10.9. The van der Waals surface area contributed by atoms with E-state index in [-0.39, 0.29) is 10.6 Å². The van der Waals surface area contributed by atoms with E-state index in [1.54, 1.807) is 12.1 Å². The van der Waals surface area contributed by atoms with Crippen molar-refractivity contribution in [2.45, 2.75) is 46.1 Å². The Morgan fingerprint density at radius 3 is 2.42 bits per heavy atom. The molecule has 1 saturated carbocycles. The van der Waals surface area contributed by atoms with E-state index in [2.05, 4.69) is 19.2 Å². The minimum atomic E-state index is -0.313. The molecule has 104 valence electrons. The average Bonchev–Trinajstić information content (AvgIpc) is 2.30. The van der Waals surface area contributed by atoms with Gasteiger partial charge in [-0.3, -0.25) is 10.1 Å². The average molecular weight is 262 g/mol. The van der Waals surface area contributed by atoms with Crippen LogP contribution in [0.3, 0.4) is 0 Å². The van der Waals surface area contributed by atoms with E-state index < -0.39 is 0 Å². The van der Waals surface area contributed by atoms with Gasteiger partial charge < -0.3 is 5.32 Å². The van der Waals surface area contributed by atoms with E-state index in [1.165, 1.54) is 6.42 Å². The van der Waals surface area contributed by atoms with Gasteiger partial charge in [0, 0.05) is 23.4 Å². The van der Waals surface area contributed by atoms with Crippen LogP contribution in [-0.4, -0.2) is 11.0 Å². The smallest absolute Gasteiger partial charge is 0.274 e. The molecule has 0 heterocycles. The monoisotopic (exact) mass is 262 g/mol. The molecular formula is C15H22N2O2. The number of nitrogens with one attached hydrogen (secondary N) is 1. The lowest BCUT2D eigenvalue weighted by atomic mass is 9.80. The number of hydrogen-bond donors (Lipinski definition) is 1. The molecule has 1 fully saturated rings. The Bertz CT molecular complexity index is 463. The van der Waals surface area contributed by atoms with Crippen LogP contribution in [0.15, 0.2) is 18.2 Å². The number of rotatable bonds is 3. The Kier molecular flexibility index (Phi) is 4.08. The number of nitro benzene ring substituents is 1. The molecule has 0 amide bonds. The zero-order chi connectivity index (χ0) is 14.0. The van der Waals surface area contributed by atoms with Crippen LogP contribution in [0.4, 0.5) is 11.4 Å². The van der Waals surface area contributed by atoms with Crippen LogP contribution in [0.25, 0.3) is 0 Å². The number of benzene rings is 1. The van der Waals surface area contributed by atoms with E-state index >= 15 is 0 Å². The Balaban J connectivity index is 2.15. The van der Waals surface area contributed by atoms with Crippen molar-refractivity contribution in [3.63, 3.8) is 0 Å². The van der Waals surface area contributed by atoms with E-state index in [0.717, 1.165) is 35.9 Å². The molecule has 1 aliphatic rings. The van der Waals surface area contributed by atoms with E-state index in [1.807, 2.05) is 13.0 Å². The third-order valence-electron chi connectivity index (χ3n) is 4.04. The van der Waals surface area contributed by atoms with Gasteiger partial charge >= 0.3 is 0 Å². The van der Waals surface area contributed by atoms with Crippen LogP contribution in [-0.2, 0) is 0 Å². The quantitative estimate of drug-likeness (QED) is 0.658. The molecule has 4 nitrogen and oxygen atoms in total. The SMILES string of the molecule is Cc1c(NC2CC(C)CC(C)C2)cccc1[N+](=O)[O-]. The predicted octanol–water partition coefficient (Wildman–Crippen LogP) is 4.14. The van der Waals surface area contributed by atoms with Crippen molar-refractivity contribution in [3.05, 3.63) is 33.9 Å². The van der Waals surface area contributed by atoms with Gasteiger partial charge in [-0.15, -0.1) is 0 Å². The molecule has 19 heavy (non-hydrogen) atoms. The highest BCUT2D eigenvalue weighted by Crippen LogP contribution is 2.32. The summed E-state index contributed by atoms with van der Waals surface area (Å²) in [5, 5.41) is 14.4. The molecule has 0 aromatic heterocycles. The van der Waals surface area contributed by atoms with Gasteiger partial charge in [-0.1, -0.05) is 19.9 Å². The molecule has 0 saturated heterocycles. The summed E-state index contributed by atoms with van der Waals surface area (Å²) in [5.41, 5.74) is 1.83. The Morgan fingerprint density at radius 1 is 1.21 bits per heavy atom. The highest BCUT2D eigenvalue weighted by atomic mass is 16.6. The molecule has 1 N–H and O–H groups in total. The summed E-state index contributed by atoms with van der Waals surface area (Å²) in [6.07, 6.45) is 3.57. The summed E-state index contributed by atoms with van der Waals surface area (Å²) in [7, 11) is 0. The highest BCUT2D eigenvalue weighted by Gasteiger charge is 2.24. The zero-order valence-corrected chi connectivity index (χ0v) is 11.8. The van der Waals surface area contributed by atoms with Crippen LogP contribution in [0, 0.1) is 28.9 Å². The molecule has 2 unspecified atom stereocenters. The summed E-state index contributed by atoms with van der Waals surface area (Å²) >= 11 is 0. The van der Waals surface area contributed by atoms with E-state index in [9.17, 15) is 10.1 Å². The maximum atomic E-state index is 10.9. The number of anilines is 1. The summed E-state index contributed by atoms with van der Waals surface area (Å²) in [6.45, 7) is 6.38. The molecule has 2 atom stereocenters. The van der Waals surface area contributed by atoms with Gasteiger partial charge in [-0.05, 0) is 44.1 Å². The largest absolute Gasteiger partial charge is 0.382 e. The van der Waals surface area contributed by atoms with Crippen molar-refractivity contribution in [2.24, 2.45) is 11.8 Å². The first-order chi connectivity index (χ1) is 8.97. The predicted molar refractivity (Wildman–Crippen MR) is 77.4 cm³/mol. The van der Waals surface area contributed by atoms with Crippen molar-refractivity contribution in [1.29, 1.82) is 0 Å². The molecule has 0 aliphatic heterocycles. The van der Waals surface area contributed by atoms with Gasteiger partial charge in [-0.25, -0.2) is 0 Å². The van der Waals surface area contributed by atoms with Crippen LogP contribution in [0.1, 0.15) is 38.7 Å². The lowest BCUT2D eigenvalue weighted by Gasteiger charge is -2.32. The van der Waals surface area contributed by atoms with Crippen molar-refractivity contribution in [2.75, 3.05) is 5.32 Å². The third kappa shape index (κ3) is 3.25. The van der Waals surface area contributed by atoms with Crippen molar-refractivity contribution in [1.82, 2.24) is 0 Å². The summed E-state index contributed by atoms with van der Waals surface area (Å²) in [6, 6.07) is 5.68. The summed E-state index contributed by atoms with van der Waals surface area (Å²) in [4.78, 5) is 10.6. The fourth-order valence-electron chi connectivity index (χ4n) is 3.26. The Morgan fingerprint density at radius 2 is 1.84 bits per heavy atom. The first-order valence-corrected chi connectivity index (χ1v) is 6.98. The summed E-state index contributed by atoms with van der Waals surface area (Å²) < 4.78 is 0. The molecule has 2 rings (SSSR count). The lowest BCUT2D eigenvalue weighted by molar-refractivity contribution is -0.385. The van der Waals surface area contributed by atoms with Crippen LogP contribution in [0.5, 0.6) is 0 Å². The second-order valence-corrected chi connectivity index (χ2v) is 5.97. The Labute approximate surface area is 114 Å². The Hall–Kier alpha value is -1.58. The van der Waals surface area contributed by atoms with Crippen molar-refractivity contribution >= 4 is 11.4 Å². The number of nitrogens with zero attached hydrogens (tertiary/aromatic N) is 1. The minimum Gasteiger partial charge on any atom is -0.382 e. The van der Waals surface area contributed by atoms with Crippen LogP contribution >= 0.6 is 0 Å². The van der Waals surface area contributed by atoms with Gasteiger partial charge in [-0.2, -0.15) is 0 Å². The van der Waals surface area contributed by atoms with Gasteiger partial charge in [0.1, 0.15) is 0 Å². The zero-order valence-electron chi connectivity index (χ0n) is 11.8. The molecule has 0 radical (unpaired) electrons. The number of hydrogen-bond acceptors (Lipinski definition) is 3. The molecule has 0 spiro atoms. The second kappa shape index (κ2) is 5.59. The van der Waals surface area contributed by atoms with Crippen molar-refractivity contribution in [3.8, 4) is 0 Å². The molecule has 0 bridgehead atoms. The fourth-order valence-corrected chi connectivity index (χ4v) is 3.26. The fraction of sp³-hybridized carbons (Fsp3) is 0.600. The summed E-state index contributed by atoms with van der Waals surface area (Å²) in [5.74, 6) is 1.44. The third-order valence-corrected chi connectivity index (χ3v) is 4.04. The van der Waals surface area contributed by atoms with Gasteiger partial charge in [0.05, 0.1) is 4.92 Å². The standard InChI is InChI=1S/C15H22N2O2/c1-10-7-11(2)9-13(8-10)16-14-5-4-6-15(12(14)3)17(18)19/h4-6,10-11,13,16H,7-9H2,1-3H3. The molecular weight excluding hydrogens is 240 g/mol. The molecule has 1 aromatic rings. The lowest BCUT2D eigenvalue weighted by Crippen LogP contribution is -2.30. The normalized spacial score (nSPS) is 27.0. The molecule has 4 heteroatoms. The number of nitro groups is 1. The first-order valence-electron chi connectivity index (χ1n) is 6.98. The van der Waals surface area contributed by atoms with Crippen molar-refractivity contribution < 1.29 is 4.92 Å².